The van der Waals surface area contributed by atoms with Crippen LogP contribution < -0.4 is 0 Å². The quantitative estimate of drug-likeness (QED) is 0.465. The predicted molar refractivity (Wildman–Crippen MR) is 117 cm³/mol. The van der Waals surface area contributed by atoms with E-state index in [1.54, 1.807) is 47.8 Å². The number of carbonyl (C=O) groups excluding carboxylic acids is 1. The maximum absolute atomic E-state index is 13.6. The molecule has 1 aliphatic heterocycles. The van der Waals surface area contributed by atoms with Crippen molar-refractivity contribution in [1.29, 1.82) is 0 Å². The van der Waals surface area contributed by atoms with E-state index in [1.165, 1.54) is 4.80 Å². The van der Waals surface area contributed by atoms with Crippen LogP contribution in [0.4, 0.5) is 0 Å². The fourth-order valence-electron chi connectivity index (χ4n) is 3.87. The number of rotatable bonds is 5. The second-order valence-electron chi connectivity index (χ2n) is 7.40. The highest BCUT2D eigenvalue weighted by Gasteiger charge is 2.30. The van der Waals surface area contributed by atoms with Crippen LogP contribution >= 0.6 is 11.6 Å². The van der Waals surface area contributed by atoms with Crippen LogP contribution in [0.5, 0.6) is 0 Å². The molecule has 1 saturated heterocycles. The number of carbonyl (C=O) groups is 1. The minimum Gasteiger partial charge on any atom is -0.377 e. The second-order valence-corrected chi connectivity index (χ2v) is 7.84. The molecule has 1 atom stereocenters. The number of benzene rings is 2. The van der Waals surface area contributed by atoms with E-state index in [-0.39, 0.29) is 11.9 Å². The molecule has 162 valence electrons. The van der Waals surface area contributed by atoms with Crippen LogP contribution in [0.1, 0.15) is 15.9 Å². The van der Waals surface area contributed by atoms with Crippen molar-refractivity contribution in [2.24, 2.45) is 0 Å². The van der Waals surface area contributed by atoms with Crippen molar-refractivity contribution in [3.63, 3.8) is 0 Å². The van der Waals surface area contributed by atoms with Gasteiger partial charge in [0.05, 0.1) is 61.0 Å². The van der Waals surface area contributed by atoms with Crippen LogP contribution in [0.3, 0.4) is 0 Å². The van der Waals surface area contributed by atoms with Gasteiger partial charge in [-0.1, -0.05) is 23.7 Å². The predicted octanol–water partition coefficient (Wildman–Crippen LogP) is 2.59. The molecule has 0 saturated carbocycles. The molecular weight excluding hydrogens is 430 g/mol. The van der Waals surface area contributed by atoms with Gasteiger partial charge in [0.25, 0.3) is 5.91 Å². The SMILES string of the molecule is O=C(c1cc(Cl)ccc1-n1nccn1)N1CCOCC1Cc1cccc(-n2nccn2)c1. The Hall–Kier alpha value is -3.56. The fourth-order valence-corrected chi connectivity index (χ4v) is 4.04. The van der Waals surface area contributed by atoms with E-state index < -0.39 is 0 Å². The zero-order chi connectivity index (χ0) is 21.9. The van der Waals surface area contributed by atoms with Gasteiger partial charge >= 0.3 is 0 Å². The molecule has 1 aliphatic rings. The Morgan fingerprint density at radius 1 is 1.00 bits per heavy atom. The van der Waals surface area contributed by atoms with Crippen molar-refractivity contribution in [3.05, 3.63) is 83.4 Å². The lowest BCUT2D eigenvalue weighted by molar-refractivity contribution is -0.00165. The summed E-state index contributed by atoms with van der Waals surface area (Å²) >= 11 is 6.23. The van der Waals surface area contributed by atoms with E-state index in [4.69, 9.17) is 16.3 Å². The minimum absolute atomic E-state index is 0.127. The number of nitrogens with zero attached hydrogens (tertiary/aromatic N) is 7. The standard InChI is InChI=1S/C22H20ClN7O2/c23-17-4-5-21(30-26-8-9-27-30)20(14-17)22(31)28-10-11-32-15-19(28)13-16-2-1-3-18(12-16)29-24-6-7-25-29/h1-9,12,14,19H,10-11,13,15H2. The topological polar surface area (TPSA) is 91.0 Å². The zero-order valence-electron chi connectivity index (χ0n) is 17.1. The van der Waals surface area contributed by atoms with E-state index in [1.807, 2.05) is 29.2 Å². The van der Waals surface area contributed by atoms with Gasteiger partial charge in [0.15, 0.2) is 0 Å². The molecule has 1 fully saturated rings. The number of halogens is 1. The molecule has 3 heterocycles. The Morgan fingerprint density at radius 3 is 2.53 bits per heavy atom. The summed E-state index contributed by atoms with van der Waals surface area (Å²) in [5.74, 6) is -0.127. The molecule has 9 nitrogen and oxygen atoms in total. The van der Waals surface area contributed by atoms with Crippen molar-refractivity contribution in [2.75, 3.05) is 19.8 Å². The smallest absolute Gasteiger partial charge is 0.256 e. The summed E-state index contributed by atoms with van der Waals surface area (Å²) in [4.78, 5) is 18.5. The number of ether oxygens (including phenoxy) is 1. The first-order valence-electron chi connectivity index (χ1n) is 10.2. The fraction of sp³-hybridized carbons (Fsp3) is 0.227. The van der Waals surface area contributed by atoms with Gasteiger partial charge in [0.1, 0.15) is 0 Å². The van der Waals surface area contributed by atoms with Crippen molar-refractivity contribution < 1.29 is 9.53 Å². The minimum atomic E-state index is -0.130. The molecule has 0 N–H and O–H groups in total. The highest BCUT2D eigenvalue weighted by molar-refractivity contribution is 6.31. The first-order chi connectivity index (χ1) is 15.7. The highest BCUT2D eigenvalue weighted by Crippen LogP contribution is 2.24. The van der Waals surface area contributed by atoms with Crippen LogP contribution in [0, 0.1) is 0 Å². The summed E-state index contributed by atoms with van der Waals surface area (Å²) in [6, 6.07) is 13.0. The van der Waals surface area contributed by atoms with Gasteiger partial charge in [-0.25, -0.2) is 0 Å². The summed E-state index contributed by atoms with van der Waals surface area (Å²) in [5, 5.41) is 17.2. The zero-order valence-corrected chi connectivity index (χ0v) is 17.8. The Kier molecular flexibility index (Phi) is 5.66. The molecule has 32 heavy (non-hydrogen) atoms. The van der Waals surface area contributed by atoms with Crippen molar-refractivity contribution >= 4 is 17.5 Å². The number of morpholine rings is 1. The average Bonchev–Trinajstić information content (AvgIpc) is 3.54. The lowest BCUT2D eigenvalue weighted by Crippen LogP contribution is -2.50. The van der Waals surface area contributed by atoms with Gasteiger partial charge in [-0.2, -0.15) is 30.0 Å². The van der Waals surface area contributed by atoms with E-state index in [9.17, 15) is 4.79 Å². The molecular formula is C22H20ClN7O2. The maximum Gasteiger partial charge on any atom is 0.256 e. The summed E-state index contributed by atoms with van der Waals surface area (Å²) in [7, 11) is 0. The molecule has 0 bridgehead atoms. The van der Waals surface area contributed by atoms with Crippen LogP contribution in [-0.2, 0) is 11.2 Å². The van der Waals surface area contributed by atoms with Crippen LogP contribution in [0.15, 0.2) is 67.3 Å². The number of aromatic nitrogens is 6. The van der Waals surface area contributed by atoms with Crippen LogP contribution in [0.2, 0.25) is 5.02 Å². The maximum atomic E-state index is 13.6. The molecule has 1 amide bonds. The van der Waals surface area contributed by atoms with Gasteiger partial charge < -0.3 is 9.64 Å². The van der Waals surface area contributed by atoms with E-state index in [0.717, 1.165) is 11.3 Å². The van der Waals surface area contributed by atoms with Gasteiger partial charge in [-0.05, 0) is 42.3 Å². The molecule has 5 rings (SSSR count). The normalized spacial score (nSPS) is 16.3. The Bertz CT molecular complexity index is 1210. The van der Waals surface area contributed by atoms with Crippen molar-refractivity contribution in [2.45, 2.75) is 12.5 Å². The molecule has 0 radical (unpaired) electrons. The third-order valence-electron chi connectivity index (χ3n) is 5.34. The first-order valence-corrected chi connectivity index (χ1v) is 10.6. The molecule has 4 aromatic rings. The van der Waals surface area contributed by atoms with Crippen LogP contribution in [0.25, 0.3) is 11.4 Å². The molecule has 0 spiro atoms. The summed E-state index contributed by atoms with van der Waals surface area (Å²) in [6.07, 6.45) is 7.05. The van der Waals surface area contributed by atoms with E-state index in [0.29, 0.717) is 42.5 Å². The van der Waals surface area contributed by atoms with E-state index in [2.05, 4.69) is 20.4 Å². The molecule has 1 unspecified atom stereocenters. The summed E-state index contributed by atoms with van der Waals surface area (Å²) in [6.45, 7) is 1.42. The molecule has 0 aliphatic carbocycles. The van der Waals surface area contributed by atoms with E-state index >= 15 is 0 Å². The number of amides is 1. The lowest BCUT2D eigenvalue weighted by atomic mass is 10.0. The third-order valence-corrected chi connectivity index (χ3v) is 5.58. The summed E-state index contributed by atoms with van der Waals surface area (Å²) in [5.41, 5.74) is 2.97. The monoisotopic (exact) mass is 449 g/mol. The highest BCUT2D eigenvalue weighted by atomic mass is 35.5. The Labute approximate surface area is 189 Å². The van der Waals surface area contributed by atoms with Crippen molar-refractivity contribution in [1.82, 2.24) is 34.9 Å². The van der Waals surface area contributed by atoms with Gasteiger partial charge in [-0.3, -0.25) is 4.79 Å². The van der Waals surface area contributed by atoms with Crippen molar-refractivity contribution in [3.8, 4) is 11.4 Å². The third kappa shape index (κ3) is 4.12. The number of hydrogen-bond donors (Lipinski definition) is 0. The summed E-state index contributed by atoms with van der Waals surface area (Å²) < 4.78 is 5.72. The largest absolute Gasteiger partial charge is 0.377 e. The average molecular weight is 450 g/mol. The molecule has 10 heteroatoms. The second kappa shape index (κ2) is 8.89. The lowest BCUT2D eigenvalue weighted by Gasteiger charge is -2.36. The van der Waals surface area contributed by atoms with Gasteiger partial charge in [0, 0.05) is 11.6 Å². The number of hydrogen-bond acceptors (Lipinski definition) is 6. The molecule has 2 aromatic heterocycles. The van der Waals surface area contributed by atoms with Gasteiger partial charge in [-0.15, -0.1) is 0 Å². The van der Waals surface area contributed by atoms with Crippen LogP contribution in [-0.4, -0.2) is 66.6 Å². The van der Waals surface area contributed by atoms with Gasteiger partial charge in [0.2, 0.25) is 0 Å². The molecule has 2 aromatic carbocycles. The first kappa shape index (κ1) is 20.3. The Morgan fingerprint density at radius 2 is 1.75 bits per heavy atom. The Balaban J connectivity index is 1.43.